The number of pyridine rings is 1. The fraction of sp³-hybridized carbons (Fsp3) is 0.471. The summed E-state index contributed by atoms with van der Waals surface area (Å²) in [6, 6.07) is 6.05. The number of sulfone groups is 1. The van der Waals surface area contributed by atoms with E-state index in [1.807, 2.05) is 18.2 Å². The Hall–Kier alpha value is -1.70. The van der Waals surface area contributed by atoms with Gasteiger partial charge in [0.15, 0.2) is 9.84 Å². The number of aromatic nitrogens is 1. The molecule has 0 N–H and O–H groups in total. The quantitative estimate of drug-likeness (QED) is 0.827. The first-order valence-electron chi connectivity index (χ1n) is 8.19. The van der Waals surface area contributed by atoms with E-state index >= 15 is 0 Å². The van der Waals surface area contributed by atoms with Crippen LogP contribution in [0.2, 0.25) is 0 Å². The Morgan fingerprint density at radius 1 is 1.00 bits per heavy atom. The molecule has 2 atom stereocenters. The number of hydrogen-bond acceptors (Lipinski definition) is 6. The molecule has 2 saturated heterocycles. The van der Waals surface area contributed by atoms with Crippen LogP contribution in [0.1, 0.15) is 11.1 Å². The standard InChI is InChI=1S/C17H21N3O3S/c21-24(22)12-16-17(13-24)20(10-15-3-8-23-11-15)7-6-19(16)9-14-1-4-18-5-2-14/h1-5,8,11,16-17H,6-7,9-10,12-13H2/t16-,17+/m1/s1. The first-order chi connectivity index (χ1) is 11.6. The molecular weight excluding hydrogens is 326 g/mol. The highest BCUT2D eigenvalue weighted by atomic mass is 32.2. The Morgan fingerprint density at radius 3 is 2.21 bits per heavy atom. The van der Waals surface area contributed by atoms with Crippen molar-refractivity contribution in [1.29, 1.82) is 0 Å². The van der Waals surface area contributed by atoms with Crippen LogP contribution in [0.25, 0.3) is 0 Å². The molecule has 0 saturated carbocycles. The van der Waals surface area contributed by atoms with Gasteiger partial charge >= 0.3 is 0 Å². The fourth-order valence-electron chi connectivity index (χ4n) is 3.83. The van der Waals surface area contributed by atoms with Crippen LogP contribution < -0.4 is 0 Å². The van der Waals surface area contributed by atoms with Crippen LogP contribution in [-0.4, -0.2) is 59.9 Å². The molecule has 2 aromatic rings. The second kappa shape index (κ2) is 6.31. The van der Waals surface area contributed by atoms with Gasteiger partial charge in [-0.1, -0.05) is 0 Å². The molecule has 0 unspecified atom stereocenters. The summed E-state index contributed by atoms with van der Waals surface area (Å²) in [5.41, 5.74) is 2.27. The Morgan fingerprint density at radius 2 is 1.62 bits per heavy atom. The third kappa shape index (κ3) is 3.24. The van der Waals surface area contributed by atoms with E-state index in [-0.39, 0.29) is 23.6 Å². The Balaban J connectivity index is 1.53. The van der Waals surface area contributed by atoms with Gasteiger partial charge in [0.2, 0.25) is 0 Å². The molecule has 24 heavy (non-hydrogen) atoms. The van der Waals surface area contributed by atoms with E-state index in [4.69, 9.17) is 4.42 Å². The van der Waals surface area contributed by atoms with Crippen LogP contribution >= 0.6 is 0 Å². The van der Waals surface area contributed by atoms with E-state index in [0.29, 0.717) is 0 Å². The lowest BCUT2D eigenvalue weighted by molar-refractivity contribution is 0.0354. The van der Waals surface area contributed by atoms with E-state index in [1.165, 1.54) is 5.56 Å². The second-order valence-electron chi connectivity index (χ2n) is 6.64. The number of fused-ring (bicyclic) bond motifs is 1. The van der Waals surface area contributed by atoms with Crippen LogP contribution in [0.3, 0.4) is 0 Å². The average Bonchev–Trinajstić information content (AvgIpc) is 3.17. The van der Waals surface area contributed by atoms with Crippen molar-refractivity contribution in [2.75, 3.05) is 24.6 Å². The highest BCUT2D eigenvalue weighted by molar-refractivity contribution is 7.91. The minimum absolute atomic E-state index is 0.0560. The zero-order valence-electron chi connectivity index (χ0n) is 13.4. The van der Waals surface area contributed by atoms with Gasteiger partial charge < -0.3 is 4.42 Å². The Kier molecular flexibility index (Phi) is 4.15. The van der Waals surface area contributed by atoms with Gasteiger partial charge in [-0.25, -0.2) is 8.42 Å². The summed E-state index contributed by atoms with van der Waals surface area (Å²) in [6.45, 7) is 3.26. The van der Waals surface area contributed by atoms with Crippen molar-refractivity contribution in [1.82, 2.24) is 14.8 Å². The first-order valence-corrected chi connectivity index (χ1v) is 10.0. The summed E-state index contributed by atoms with van der Waals surface area (Å²) in [5.74, 6) is 0.507. The molecular formula is C17H21N3O3S. The monoisotopic (exact) mass is 347 g/mol. The minimum atomic E-state index is -2.98. The average molecular weight is 347 g/mol. The lowest BCUT2D eigenvalue weighted by Gasteiger charge is -2.43. The predicted molar refractivity (Wildman–Crippen MR) is 90.0 cm³/mol. The summed E-state index contributed by atoms with van der Waals surface area (Å²) in [7, 11) is -2.98. The molecule has 2 fully saturated rings. The van der Waals surface area contributed by atoms with E-state index in [0.717, 1.165) is 31.7 Å². The number of furan rings is 1. The SMILES string of the molecule is O=S1(=O)C[C@@H]2[C@H](C1)N(Cc1ccoc1)CCN2Cc1ccncc1. The molecule has 4 rings (SSSR count). The second-order valence-corrected chi connectivity index (χ2v) is 8.79. The molecule has 0 radical (unpaired) electrons. The summed E-state index contributed by atoms with van der Waals surface area (Å²) in [5, 5.41) is 0. The van der Waals surface area contributed by atoms with Gasteiger partial charge in [-0.15, -0.1) is 0 Å². The van der Waals surface area contributed by atoms with Crippen LogP contribution in [0.4, 0.5) is 0 Å². The summed E-state index contributed by atoms with van der Waals surface area (Å²) >= 11 is 0. The van der Waals surface area contributed by atoms with Crippen molar-refractivity contribution < 1.29 is 12.8 Å². The van der Waals surface area contributed by atoms with Gasteiger partial charge in [-0.3, -0.25) is 14.8 Å². The fourth-order valence-corrected chi connectivity index (χ4v) is 5.87. The van der Waals surface area contributed by atoms with Gasteiger partial charge in [0.25, 0.3) is 0 Å². The lowest BCUT2D eigenvalue weighted by Crippen LogP contribution is -2.58. The van der Waals surface area contributed by atoms with Crippen LogP contribution in [0.15, 0.2) is 47.5 Å². The van der Waals surface area contributed by atoms with Crippen molar-refractivity contribution in [3.8, 4) is 0 Å². The molecule has 0 amide bonds. The minimum Gasteiger partial charge on any atom is -0.472 e. The first kappa shape index (κ1) is 15.8. The van der Waals surface area contributed by atoms with Crippen molar-refractivity contribution in [2.45, 2.75) is 25.2 Å². The van der Waals surface area contributed by atoms with Crippen molar-refractivity contribution in [3.05, 3.63) is 54.2 Å². The van der Waals surface area contributed by atoms with Gasteiger partial charge in [0.05, 0.1) is 24.0 Å². The number of nitrogens with zero attached hydrogens (tertiary/aromatic N) is 3. The van der Waals surface area contributed by atoms with Crippen molar-refractivity contribution in [2.24, 2.45) is 0 Å². The topological polar surface area (TPSA) is 66.7 Å². The Labute approximate surface area is 142 Å². The van der Waals surface area contributed by atoms with Crippen LogP contribution in [0, 0.1) is 0 Å². The van der Waals surface area contributed by atoms with Crippen molar-refractivity contribution in [3.63, 3.8) is 0 Å². The van der Waals surface area contributed by atoms with Gasteiger partial charge in [0.1, 0.15) is 0 Å². The van der Waals surface area contributed by atoms with E-state index in [9.17, 15) is 8.42 Å². The molecule has 2 aliphatic heterocycles. The van der Waals surface area contributed by atoms with Gasteiger partial charge in [-0.05, 0) is 23.8 Å². The predicted octanol–water partition coefficient (Wildman–Crippen LogP) is 1.16. The van der Waals surface area contributed by atoms with Crippen LogP contribution in [-0.2, 0) is 22.9 Å². The number of piperazine rings is 1. The molecule has 128 valence electrons. The normalized spacial score (nSPS) is 27.2. The maximum atomic E-state index is 12.3. The third-order valence-corrected chi connectivity index (χ3v) is 6.71. The van der Waals surface area contributed by atoms with Gasteiger partial charge in [-0.2, -0.15) is 0 Å². The summed E-state index contributed by atoms with van der Waals surface area (Å²) in [6.07, 6.45) is 6.97. The highest BCUT2D eigenvalue weighted by Crippen LogP contribution is 2.29. The number of rotatable bonds is 4. The molecule has 0 spiro atoms. The zero-order chi connectivity index (χ0) is 16.6. The molecule has 6 nitrogen and oxygen atoms in total. The van der Waals surface area contributed by atoms with Gasteiger partial charge in [0, 0.05) is 56.2 Å². The molecule has 0 bridgehead atoms. The molecule has 2 aromatic heterocycles. The van der Waals surface area contributed by atoms with E-state index < -0.39 is 9.84 Å². The molecule has 0 aliphatic carbocycles. The maximum Gasteiger partial charge on any atom is 0.153 e. The highest BCUT2D eigenvalue weighted by Gasteiger charge is 2.46. The smallest absolute Gasteiger partial charge is 0.153 e. The van der Waals surface area contributed by atoms with Crippen molar-refractivity contribution >= 4 is 9.84 Å². The van der Waals surface area contributed by atoms with E-state index in [1.54, 1.807) is 24.9 Å². The third-order valence-electron chi connectivity index (χ3n) is 5.01. The molecule has 7 heteroatoms. The zero-order valence-corrected chi connectivity index (χ0v) is 14.2. The summed E-state index contributed by atoms with van der Waals surface area (Å²) < 4.78 is 29.7. The molecule has 0 aromatic carbocycles. The molecule has 2 aliphatic rings. The van der Waals surface area contributed by atoms with E-state index in [2.05, 4.69) is 14.8 Å². The molecule has 4 heterocycles. The lowest BCUT2D eigenvalue weighted by atomic mass is 10.0. The Bertz CT molecular complexity index is 777. The summed E-state index contributed by atoms with van der Waals surface area (Å²) in [4.78, 5) is 8.66. The maximum absolute atomic E-state index is 12.3. The largest absolute Gasteiger partial charge is 0.472 e. The van der Waals surface area contributed by atoms with Crippen LogP contribution in [0.5, 0.6) is 0 Å². The number of hydrogen-bond donors (Lipinski definition) is 0.